The van der Waals surface area contributed by atoms with E-state index in [0.717, 1.165) is 0 Å². The molecular weight excluding hydrogens is 240 g/mol. The Morgan fingerprint density at radius 1 is 0.800 bits per heavy atom. The van der Waals surface area contributed by atoms with E-state index < -0.39 is 0 Å². The molecule has 0 bridgehead atoms. The van der Waals surface area contributed by atoms with Crippen molar-refractivity contribution in [2.45, 2.75) is 26.7 Å². The van der Waals surface area contributed by atoms with Crippen molar-refractivity contribution in [2.75, 3.05) is 0 Å². The van der Waals surface area contributed by atoms with Crippen LogP contribution in [0.5, 0.6) is 0 Å². The molecule has 0 unspecified atom stereocenters. The molecular formula is C20H20. The molecule has 20 heavy (non-hydrogen) atoms. The maximum atomic E-state index is 2.32. The average molecular weight is 260 g/mol. The summed E-state index contributed by atoms with van der Waals surface area (Å²) in [4.78, 5) is 0. The zero-order chi connectivity index (χ0) is 14.1. The summed E-state index contributed by atoms with van der Waals surface area (Å²) in [6, 6.07) is 22.1. The molecule has 3 aromatic rings. The predicted molar refractivity (Wildman–Crippen MR) is 88.2 cm³/mol. The van der Waals surface area contributed by atoms with Crippen molar-refractivity contribution in [1.82, 2.24) is 0 Å². The fourth-order valence-corrected chi connectivity index (χ4v) is 2.73. The van der Waals surface area contributed by atoms with Gasteiger partial charge in [0.15, 0.2) is 0 Å². The minimum absolute atomic E-state index is 0.571. The van der Waals surface area contributed by atoms with E-state index in [1.165, 1.54) is 33.0 Å². The summed E-state index contributed by atoms with van der Waals surface area (Å²) in [6.07, 6.45) is 0. The smallest absolute Gasteiger partial charge is 0.0105 e. The van der Waals surface area contributed by atoms with Gasteiger partial charge in [0.05, 0.1) is 0 Å². The van der Waals surface area contributed by atoms with Crippen molar-refractivity contribution in [3.8, 4) is 11.1 Å². The molecule has 0 aliphatic heterocycles. The molecule has 3 aromatic carbocycles. The fraction of sp³-hybridized carbons (Fsp3) is 0.200. The predicted octanol–water partition coefficient (Wildman–Crippen LogP) is 5.94. The van der Waals surface area contributed by atoms with E-state index in [2.05, 4.69) is 81.4 Å². The molecule has 0 heterocycles. The van der Waals surface area contributed by atoms with Crippen LogP contribution in [0.25, 0.3) is 21.9 Å². The van der Waals surface area contributed by atoms with Gasteiger partial charge in [0.25, 0.3) is 0 Å². The van der Waals surface area contributed by atoms with Gasteiger partial charge in [0.2, 0.25) is 0 Å². The second-order valence-electron chi connectivity index (χ2n) is 5.81. The Morgan fingerprint density at radius 2 is 1.60 bits per heavy atom. The highest BCUT2D eigenvalue weighted by atomic mass is 14.1. The first-order valence-electron chi connectivity index (χ1n) is 7.25. The molecule has 0 radical (unpaired) electrons. The maximum absolute atomic E-state index is 2.32. The molecule has 0 saturated carbocycles. The van der Waals surface area contributed by atoms with E-state index in [9.17, 15) is 0 Å². The average Bonchev–Trinajstić information content (AvgIpc) is 2.46. The van der Waals surface area contributed by atoms with Crippen LogP contribution in [0.1, 0.15) is 30.9 Å². The lowest BCUT2D eigenvalue weighted by Crippen LogP contribution is -1.88. The highest BCUT2D eigenvalue weighted by molar-refractivity contribution is 5.97. The van der Waals surface area contributed by atoms with E-state index in [1.54, 1.807) is 0 Å². The van der Waals surface area contributed by atoms with Gasteiger partial charge in [-0.1, -0.05) is 80.1 Å². The zero-order valence-electron chi connectivity index (χ0n) is 12.4. The second-order valence-corrected chi connectivity index (χ2v) is 5.81. The standard InChI is InChI=1S/C20H20/c1-14(2)16-10-11-20-18(13-16)8-5-9-19(20)17-7-4-6-15(3)12-17/h4-14H,1-3H3. The lowest BCUT2D eigenvalue weighted by Gasteiger charge is -2.11. The Labute approximate surface area is 121 Å². The Balaban J connectivity index is 2.22. The molecule has 0 aromatic heterocycles. The molecule has 0 saturated heterocycles. The molecule has 0 amide bonds. The van der Waals surface area contributed by atoms with Gasteiger partial charge in [0.1, 0.15) is 0 Å². The molecule has 0 heteroatoms. The van der Waals surface area contributed by atoms with E-state index in [1.807, 2.05) is 0 Å². The van der Waals surface area contributed by atoms with Crippen molar-refractivity contribution in [3.05, 3.63) is 71.8 Å². The third-order valence-corrected chi connectivity index (χ3v) is 3.90. The fourth-order valence-electron chi connectivity index (χ4n) is 2.73. The number of aryl methyl sites for hydroxylation is 1. The van der Waals surface area contributed by atoms with Crippen molar-refractivity contribution >= 4 is 10.8 Å². The normalized spacial score (nSPS) is 11.2. The summed E-state index contributed by atoms with van der Waals surface area (Å²) in [5, 5.41) is 2.66. The largest absolute Gasteiger partial charge is 0.0614 e. The molecule has 0 N–H and O–H groups in total. The lowest BCUT2D eigenvalue weighted by molar-refractivity contribution is 0.869. The third kappa shape index (κ3) is 2.34. The first kappa shape index (κ1) is 12.9. The first-order valence-corrected chi connectivity index (χ1v) is 7.25. The van der Waals surface area contributed by atoms with Gasteiger partial charge in [-0.3, -0.25) is 0 Å². The van der Waals surface area contributed by atoms with Gasteiger partial charge in [-0.2, -0.15) is 0 Å². The summed E-state index contributed by atoms with van der Waals surface area (Å²) in [7, 11) is 0. The molecule has 0 aliphatic carbocycles. The maximum Gasteiger partial charge on any atom is -0.0105 e. The molecule has 0 aliphatic rings. The molecule has 100 valence electrons. The minimum atomic E-state index is 0.571. The van der Waals surface area contributed by atoms with E-state index >= 15 is 0 Å². The van der Waals surface area contributed by atoms with Gasteiger partial charge >= 0.3 is 0 Å². The van der Waals surface area contributed by atoms with Crippen LogP contribution in [0.2, 0.25) is 0 Å². The van der Waals surface area contributed by atoms with Crippen LogP contribution in [0, 0.1) is 6.92 Å². The number of hydrogen-bond donors (Lipinski definition) is 0. The minimum Gasteiger partial charge on any atom is -0.0614 e. The van der Waals surface area contributed by atoms with Crippen LogP contribution in [0.4, 0.5) is 0 Å². The van der Waals surface area contributed by atoms with Gasteiger partial charge in [-0.25, -0.2) is 0 Å². The summed E-state index contributed by atoms with van der Waals surface area (Å²) in [6.45, 7) is 6.63. The van der Waals surface area contributed by atoms with E-state index in [4.69, 9.17) is 0 Å². The molecule has 3 rings (SSSR count). The van der Waals surface area contributed by atoms with Gasteiger partial charge < -0.3 is 0 Å². The van der Waals surface area contributed by atoms with E-state index in [-0.39, 0.29) is 0 Å². The van der Waals surface area contributed by atoms with Crippen LogP contribution in [-0.2, 0) is 0 Å². The van der Waals surface area contributed by atoms with Gasteiger partial charge in [0, 0.05) is 0 Å². The molecule has 0 nitrogen and oxygen atoms in total. The number of benzene rings is 3. The van der Waals surface area contributed by atoms with Gasteiger partial charge in [-0.15, -0.1) is 0 Å². The van der Waals surface area contributed by atoms with Crippen LogP contribution in [-0.4, -0.2) is 0 Å². The van der Waals surface area contributed by atoms with Crippen molar-refractivity contribution in [1.29, 1.82) is 0 Å². The molecule has 0 atom stereocenters. The van der Waals surface area contributed by atoms with Crippen LogP contribution >= 0.6 is 0 Å². The van der Waals surface area contributed by atoms with Crippen LogP contribution < -0.4 is 0 Å². The highest BCUT2D eigenvalue weighted by Gasteiger charge is 2.06. The van der Waals surface area contributed by atoms with Crippen molar-refractivity contribution in [3.63, 3.8) is 0 Å². The van der Waals surface area contributed by atoms with Crippen LogP contribution in [0.3, 0.4) is 0 Å². The van der Waals surface area contributed by atoms with Crippen LogP contribution in [0.15, 0.2) is 60.7 Å². The summed E-state index contributed by atoms with van der Waals surface area (Å²) in [5.74, 6) is 0.571. The monoisotopic (exact) mass is 260 g/mol. The Hall–Kier alpha value is -2.08. The first-order chi connectivity index (χ1) is 9.65. The second kappa shape index (κ2) is 5.13. The zero-order valence-corrected chi connectivity index (χ0v) is 12.4. The van der Waals surface area contributed by atoms with Crippen molar-refractivity contribution < 1.29 is 0 Å². The topological polar surface area (TPSA) is 0 Å². The highest BCUT2D eigenvalue weighted by Crippen LogP contribution is 2.31. The Bertz CT molecular complexity index is 751. The third-order valence-electron chi connectivity index (χ3n) is 3.90. The van der Waals surface area contributed by atoms with Gasteiger partial charge in [-0.05, 0) is 40.3 Å². The number of rotatable bonds is 2. The lowest BCUT2D eigenvalue weighted by atomic mass is 9.94. The molecule has 0 fully saturated rings. The number of fused-ring (bicyclic) bond motifs is 1. The Kier molecular flexibility index (Phi) is 3.31. The van der Waals surface area contributed by atoms with E-state index in [0.29, 0.717) is 5.92 Å². The summed E-state index contributed by atoms with van der Waals surface area (Å²) >= 11 is 0. The van der Waals surface area contributed by atoms with Crippen molar-refractivity contribution in [2.24, 2.45) is 0 Å². The summed E-state index contributed by atoms with van der Waals surface area (Å²) in [5.41, 5.74) is 5.33. The Morgan fingerprint density at radius 3 is 2.35 bits per heavy atom. The quantitative estimate of drug-likeness (QED) is 0.535. The number of hydrogen-bond acceptors (Lipinski definition) is 0. The SMILES string of the molecule is Cc1cccc(-c2cccc3cc(C(C)C)ccc23)c1. The summed E-state index contributed by atoms with van der Waals surface area (Å²) < 4.78 is 0. The molecule has 0 spiro atoms.